The number of likely N-dealkylation sites (tertiary alicyclic amines) is 4. The van der Waals surface area contributed by atoms with E-state index in [0.717, 1.165) is 73.4 Å². The lowest BCUT2D eigenvalue weighted by Gasteiger charge is -2.35. The first kappa shape index (κ1) is 62.4. The number of nitrogens with one attached hydrogen (secondary N) is 1. The van der Waals surface area contributed by atoms with Crippen LogP contribution < -0.4 is 11.1 Å². The van der Waals surface area contributed by atoms with E-state index < -0.39 is 11.2 Å². The van der Waals surface area contributed by atoms with E-state index in [-0.39, 0.29) is 78.7 Å². The van der Waals surface area contributed by atoms with Crippen LogP contribution in [0.15, 0.2) is 61.2 Å². The number of carbonyl (C=O) groups is 6. The van der Waals surface area contributed by atoms with Crippen molar-refractivity contribution in [2.24, 2.45) is 0 Å². The van der Waals surface area contributed by atoms with Gasteiger partial charge in [-0.15, -0.1) is 0 Å². The van der Waals surface area contributed by atoms with Crippen LogP contribution in [0.25, 0.3) is 22.1 Å². The van der Waals surface area contributed by atoms with Gasteiger partial charge >= 0.3 is 12.2 Å². The molecule has 6 amide bonds. The molecule has 4 aliphatic heterocycles. The van der Waals surface area contributed by atoms with Gasteiger partial charge in [-0.05, 0) is 128 Å². The van der Waals surface area contributed by atoms with Crippen LogP contribution in [0.5, 0.6) is 0 Å². The van der Waals surface area contributed by atoms with E-state index in [1.165, 1.54) is 19.0 Å². The van der Waals surface area contributed by atoms with Crippen molar-refractivity contribution in [3.8, 4) is 0 Å². The van der Waals surface area contributed by atoms with Gasteiger partial charge in [0.25, 0.3) is 23.6 Å². The van der Waals surface area contributed by atoms with E-state index in [1.807, 2.05) is 63.5 Å². The van der Waals surface area contributed by atoms with Crippen molar-refractivity contribution in [1.82, 2.24) is 68.4 Å². The van der Waals surface area contributed by atoms with Gasteiger partial charge in [0.15, 0.2) is 0 Å². The molecular formula is C61H81ClN16O8. The monoisotopic (exact) mass is 1200 g/mol. The van der Waals surface area contributed by atoms with E-state index in [2.05, 4.69) is 39.4 Å². The molecule has 4 saturated heterocycles. The molecule has 6 fully saturated rings. The first-order valence-electron chi connectivity index (χ1n) is 29.2. The molecule has 2 aliphatic carbocycles. The molecule has 10 heterocycles. The molecule has 2 unspecified atom stereocenters. The standard InChI is InChI=1S/C30H38N8O4.C16H22N4O3.C14H17ClN4O.CH4/c1-30(2,3)42-29(41)37-17-21-13-22(37)16-36(21)26(39)18-10-11-24(31-14-18)33-28-32-15-19-12-23(27(40)35(4)5)38(25(19)34-28)20-8-6-7-9-20;1-16(2,3)23-15(22)20-9-11-6-12(20)8-19(11)14(21)10-4-5-13(17)18-7-10;1-18(2)13(20)11-7-9-8-16-14(15)17-12(9)19(11)10-5-3-4-6-10;/h10-12,14-15,20-22H,6-9,13,16-17H2,1-5H3,(H,31,32,33,34);4-5,7,11-12H,6,8-9H2,1-3H3,(H2,17,18);7-8,10H,3-6H2,1-2H3;1H4/t21-,22?;11-,12?;;/m11../s1. The Morgan fingerprint density at radius 1 is 0.558 bits per heavy atom. The molecule has 0 aromatic carbocycles. The van der Waals surface area contributed by atoms with Crippen molar-refractivity contribution in [1.29, 1.82) is 0 Å². The van der Waals surface area contributed by atoms with Crippen molar-refractivity contribution in [3.63, 3.8) is 0 Å². The number of rotatable bonds is 8. The molecule has 0 spiro atoms. The van der Waals surface area contributed by atoms with E-state index in [1.54, 1.807) is 90.6 Å². The minimum Gasteiger partial charge on any atom is -0.444 e. The predicted octanol–water partition coefficient (Wildman–Crippen LogP) is 9.26. The summed E-state index contributed by atoms with van der Waals surface area (Å²) >= 11 is 5.92. The average molecular weight is 1200 g/mol. The number of anilines is 3. The quantitative estimate of drug-likeness (QED) is 0.134. The maximum atomic E-state index is 13.3. The summed E-state index contributed by atoms with van der Waals surface area (Å²) in [7, 11) is 7.03. The van der Waals surface area contributed by atoms with Crippen LogP contribution in [-0.2, 0) is 9.47 Å². The highest BCUT2D eigenvalue weighted by atomic mass is 35.5. The predicted molar refractivity (Wildman–Crippen MR) is 326 cm³/mol. The summed E-state index contributed by atoms with van der Waals surface area (Å²) in [4.78, 5) is 112. The fraction of sp³-hybridized carbons (Fsp3) is 0.541. The minimum absolute atomic E-state index is 0. The van der Waals surface area contributed by atoms with E-state index in [0.29, 0.717) is 72.3 Å². The van der Waals surface area contributed by atoms with Crippen molar-refractivity contribution in [2.75, 3.05) is 65.4 Å². The second-order valence-electron chi connectivity index (χ2n) is 25.3. The normalized spacial score (nSPS) is 19.9. The van der Waals surface area contributed by atoms with Crippen LogP contribution in [0.4, 0.5) is 27.2 Å². The lowest BCUT2D eigenvalue weighted by atomic mass is 10.2. The molecule has 3 N–H and O–H groups in total. The maximum absolute atomic E-state index is 13.3. The summed E-state index contributed by atoms with van der Waals surface area (Å²) in [6.45, 7) is 13.1. The Kier molecular flexibility index (Phi) is 18.2. The number of aromatic nitrogens is 8. The first-order chi connectivity index (χ1) is 40.3. The number of ether oxygens (including phenoxy) is 2. The van der Waals surface area contributed by atoms with Crippen LogP contribution in [0, 0.1) is 0 Å². The number of piperazine rings is 2. The second-order valence-corrected chi connectivity index (χ2v) is 25.6. The molecule has 12 rings (SSSR count). The Balaban J connectivity index is 0.000000169. The summed E-state index contributed by atoms with van der Waals surface area (Å²) in [5.74, 6) is 1.04. The number of fused-ring (bicyclic) bond motifs is 6. The Morgan fingerprint density at radius 2 is 0.977 bits per heavy atom. The van der Waals surface area contributed by atoms with Crippen LogP contribution >= 0.6 is 11.6 Å². The van der Waals surface area contributed by atoms with Crippen molar-refractivity contribution >= 4 is 87.1 Å². The molecule has 86 heavy (non-hydrogen) atoms. The topological polar surface area (TPSA) is 266 Å². The summed E-state index contributed by atoms with van der Waals surface area (Å²) < 4.78 is 15.1. The fourth-order valence-corrected chi connectivity index (χ4v) is 12.5. The summed E-state index contributed by atoms with van der Waals surface area (Å²) in [6, 6.07) is 11.1. The molecule has 6 aromatic rings. The molecule has 0 radical (unpaired) electrons. The van der Waals surface area contributed by atoms with Crippen LogP contribution in [0.1, 0.15) is 167 Å². The summed E-state index contributed by atoms with van der Waals surface area (Å²) in [5.41, 5.74) is 8.28. The fourth-order valence-electron chi connectivity index (χ4n) is 12.4. The van der Waals surface area contributed by atoms with Crippen molar-refractivity contribution in [3.05, 3.63) is 89.0 Å². The zero-order chi connectivity index (χ0) is 60.8. The van der Waals surface area contributed by atoms with Gasteiger partial charge in [-0.25, -0.2) is 29.5 Å². The number of hydrogen-bond donors (Lipinski definition) is 2. The number of nitrogens with zero attached hydrogens (tertiary/aromatic N) is 14. The third-order valence-corrected chi connectivity index (χ3v) is 16.5. The summed E-state index contributed by atoms with van der Waals surface area (Å²) in [5, 5.41) is 5.05. The zero-order valence-electron chi connectivity index (χ0n) is 50.1. The number of amides is 6. The first-order valence-corrected chi connectivity index (χ1v) is 29.6. The number of pyridine rings is 2. The molecule has 460 valence electrons. The molecule has 25 heteroatoms. The van der Waals surface area contributed by atoms with Crippen LogP contribution in [-0.4, -0.2) is 194 Å². The van der Waals surface area contributed by atoms with Crippen LogP contribution in [0.2, 0.25) is 5.28 Å². The minimum atomic E-state index is -0.555. The summed E-state index contributed by atoms with van der Waals surface area (Å²) in [6.07, 6.45) is 16.2. The van der Waals surface area contributed by atoms with Gasteiger partial charge in [-0.1, -0.05) is 33.1 Å². The maximum Gasteiger partial charge on any atom is 0.410 e. The van der Waals surface area contributed by atoms with Crippen molar-refractivity contribution < 1.29 is 38.2 Å². The Morgan fingerprint density at radius 3 is 1.37 bits per heavy atom. The number of nitrogens with two attached hydrogens (primary N) is 1. The van der Waals surface area contributed by atoms with Gasteiger partial charge in [0.2, 0.25) is 11.2 Å². The third kappa shape index (κ3) is 13.4. The highest BCUT2D eigenvalue weighted by molar-refractivity contribution is 6.28. The number of nitrogen functional groups attached to an aromatic ring is 1. The third-order valence-electron chi connectivity index (χ3n) is 16.3. The van der Waals surface area contributed by atoms with E-state index in [9.17, 15) is 28.8 Å². The number of carbonyl (C=O) groups excluding carboxylic acids is 6. The van der Waals surface area contributed by atoms with Gasteiger partial charge < -0.3 is 59.1 Å². The Bertz CT molecular complexity index is 3490. The molecular weight excluding hydrogens is 1120 g/mol. The largest absolute Gasteiger partial charge is 0.444 e. The molecule has 4 atom stereocenters. The smallest absolute Gasteiger partial charge is 0.410 e. The van der Waals surface area contributed by atoms with Gasteiger partial charge in [0, 0.05) is 102 Å². The highest BCUT2D eigenvalue weighted by Crippen LogP contribution is 2.38. The van der Waals surface area contributed by atoms with Crippen LogP contribution in [0.3, 0.4) is 0 Å². The van der Waals surface area contributed by atoms with Gasteiger partial charge in [-0.3, -0.25) is 19.2 Å². The SMILES string of the molecule is C.CC(C)(C)OC(=O)N1C[C@H]2CC1CN2C(=O)c1ccc(N)nc1.CN(C)C(=O)c1cc2cnc(Cl)nc2n1C1CCCC1.CN(C)C(=O)c1cc2cnc(Nc3ccc(C(=O)N4CC5C[C@@H]4CN5C(=O)OC(C)(C)C)cn3)nc2n1C1CCCC1. The van der Waals surface area contributed by atoms with Gasteiger partial charge in [0.05, 0.1) is 35.3 Å². The highest BCUT2D eigenvalue weighted by Gasteiger charge is 2.50. The van der Waals surface area contributed by atoms with Gasteiger partial charge in [-0.2, -0.15) is 9.97 Å². The van der Waals surface area contributed by atoms with E-state index >= 15 is 0 Å². The lowest BCUT2D eigenvalue weighted by Crippen LogP contribution is -2.51. The molecule has 24 nitrogen and oxygen atoms in total. The number of hydrogen-bond acceptors (Lipinski definition) is 16. The molecule has 4 bridgehead atoms. The Hall–Kier alpha value is -8.15. The molecule has 6 aliphatic rings. The Labute approximate surface area is 506 Å². The zero-order valence-corrected chi connectivity index (χ0v) is 50.9. The molecule has 6 aromatic heterocycles. The van der Waals surface area contributed by atoms with Gasteiger partial charge in [0.1, 0.15) is 45.5 Å². The van der Waals surface area contributed by atoms with Crippen molar-refractivity contribution in [2.45, 2.75) is 161 Å². The lowest BCUT2D eigenvalue weighted by molar-refractivity contribution is 0.0121. The molecule has 2 saturated carbocycles. The van der Waals surface area contributed by atoms with E-state index in [4.69, 9.17) is 31.8 Å². The number of halogens is 1. The second kappa shape index (κ2) is 25.1. The average Bonchev–Trinajstić information content (AvgIpc) is 2.19.